The minimum absolute atomic E-state index is 0.122. The summed E-state index contributed by atoms with van der Waals surface area (Å²) >= 11 is 9.76. The fourth-order valence-electron chi connectivity index (χ4n) is 2.04. The first-order chi connectivity index (χ1) is 6.58. The second kappa shape index (κ2) is 3.51. The Balaban J connectivity index is 2.51. The van der Waals surface area contributed by atoms with Crippen molar-refractivity contribution in [2.24, 2.45) is 5.73 Å². The first kappa shape index (κ1) is 10.5. The van der Waals surface area contributed by atoms with Crippen molar-refractivity contribution in [3.05, 3.63) is 33.3 Å². The number of benzene rings is 1. The summed E-state index contributed by atoms with van der Waals surface area (Å²) in [5.74, 6) is 0. The first-order valence-electron chi connectivity index (χ1n) is 4.78. The predicted octanol–water partition coefficient (Wildman–Crippen LogP) is 3.48. The van der Waals surface area contributed by atoms with Crippen LogP contribution in [0.2, 0.25) is 5.02 Å². The van der Waals surface area contributed by atoms with E-state index >= 15 is 0 Å². The Morgan fingerprint density at radius 2 is 2.14 bits per heavy atom. The number of rotatable bonds is 2. The average molecular weight is 275 g/mol. The molecule has 1 saturated carbocycles. The topological polar surface area (TPSA) is 26.0 Å². The summed E-state index contributed by atoms with van der Waals surface area (Å²) in [4.78, 5) is 0. The van der Waals surface area contributed by atoms with Crippen molar-refractivity contribution in [1.82, 2.24) is 0 Å². The highest BCUT2D eigenvalue weighted by Gasteiger charge is 2.49. The van der Waals surface area contributed by atoms with Gasteiger partial charge in [-0.25, -0.2) is 0 Å². The van der Waals surface area contributed by atoms with Crippen molar-refractivity contribution in [2.45, 2.75) is 31.2 Å². The van der Waals surface area contributed by atoms with Crippen molar-refractivity contribution in [3.63, 3.8) is 0 Å². The van der Waals surface area contributed by atoms with Crippen LogP contribution in [0.4, 0.5) is 0 Å². The van der Waals surface area contributed by atoms with E-state index in [4.69, 9.17) is 17.3 Å². The summed E-state index contributed by atoms with van der Waals surface area (Å²) in [7, 11) is 0. The molecule has 2 N–H and O–H groups in total. The predicted molar refractivity (Wildman–Crippen MR) is 63.7 cm³/mol. The molecule has 0 aromatic heterocycles. The van der Waals surface area contributed by atoms with Crippen LogP contribution in [0.5, 0.6) is 0 Å². The van der Waals surface area contributed by atoms with E-state index < -0.39 is 0 Å². The Morgan fingerprint density at radius 3 is 2.57 bits per heavy atom. The molecule has 1 fully saturated rings. The van der Waals surface area contributed by atoms with E-state index in [-0.39, 0.29) is 11.5 Å². The van der Waals surface area contributed by atoms with Crippen LogP contribution in [0.1, 0.15) is 25.3 Å². The van der Waals surface area contributed by atoms with Crippen molar-refractivity contribution in [1.29, 1.82) is 0 Å². The highest BCUT2D eigenvalue weighted by molar-refractivity contribution is 9.10. The lowest BCUT2D eigenvalue weighted by atomic mass is 9.89. The molecule has 0 aliphatic heterocycles. The molecule has 1 unspecified atom stereocenters. The second-order valence-electron chi connectivity index (χ2n) is 4.04. The maximum atomic E-state index is 6.21. The number of hydrogen-bond acceptors (Lipinski definition) is 1. The smallest absolute Gasteiger partial charge is 0.0455 e. The molecule has 0 spiro atoms. The summed E-state index contributed by atoms with van der Waals surface area (Å²) in [6, 6.07) is 6.08. The van der Waals surface area contributed by atoms with Crippen LogP contribution in [0.3, 0.4) is 0 Å². The van der Waals surface area contributed by atoms with Crippen LogP contribution >= 0.6 is 27.5 Å². The van der Waals surface area contributed by atoms with Crippen LogP contribution in [-0.4, -0.2) is 6.04 Å². The van der Waals surface area contributed by atoms with Gasteiger partial charge < -0.3 is 5.73 Å². The van der Waals surface area contributed by atoms with Crippen LogP contribution in [-0.2, 0) is 5.41 Å². The van der Waals surface area contributed by atoms with Gasteiger partial charge in [0.1, 0.15) is 0 Å². The Labute approximate surface area is 97.8 Å². The third-order valence-electron chi connectivity index (χ3n) is 3.12. The number of hydrogen-bond donors (Lipinski definition) is 1. The standard InChI is InChI=1S/C11H13BrClN/c1-7(14)11(5-6-11)10-8(12)3-2-4-9(10)13/h2-4,7H,5-6,14H2,1H3. The Bertz CT molecular complexity index is 338. The lowest BCUT2D eigenvalue weighted by Crippen LogP contribution is -2.32. The summed E-state index contributed by atoms with van der Waals surface area (Å²) in [5.41, 5.74) is 7.34. The van der Waals surface area contributed by atoms with E-state index in [2.05, 4.69) is 22.9 Å². The molecule has 1 aromatic rings. The van der Waals surface area contributed by atoms with Gasteiger partial charge in [-0.15, -0.1) is 0 Å². The molecular weight excluding hydrogens is 261 g/mol. The number of halogens is 2. The largest absolute Gasteiger partial charge is 0.327 e. The lowest BCUT2D eigenvalue weighted by Gasteiger charge is -2.22. The second-order valence-corrected chi connectivity index (χ2v) is 5.30. The minimum atomic E-state index is 0.122. The quantitative estimate of drug-likeness (QED) is 0.878. The van der Waals surface area contributed by atoms with Gasteiger partial charge in [0.15, 0.2) is 0 Å². The highest BCUT2D eigenvalue weighted by Crippen LogP contribution is 2.54. The fourth-order valence-corrected chi connectivity index (χ4v) is 3.28. The first-order valence-corrected chi connectivity index (χ1v) is 5.95. The van der Waals surface area contributed by atoms with Gasteiger partial charge in [-0.1, -0.05) is 33.6 Å². The van der Waals surface area contributed by atoms with Gasteiger partial charge in [-0.05, 0) is 37.5 Å². The van der Waals surface area contributed by atoms with Crippen molar-refractivity contribution >= 4 is 27.5 Å². The number of nitrogens with two attached hydrogens (primary N) is 1. The molecule has 0 heterocycles. The van der Waals surface area contributed by atoms with Gasteiger partial charge >= 0.3 is 0 Å². The lowest BCUT2D eigenvalue weighted by molar-refractivity contribution is 0.555. The molecule has 2 rings (SSSR count). The molecular formula is C11H13BrClN. The van der Waals surface area contributed by atoms with E-state index in [0.29, 0.717) is 0 Å². The van der Waals surface area contributed by atoms with Gasteiger partial charge in [-0.3, -0.25) is 0 Å². The summed E-state index contributed by atoms with van der Waals surface area (Å²) in [6.45, 7) is 2.06. The monoisotopic (exact) mass is 273 g/mol. The molecule has 1 aliphatic carbocycles. The van der Waals surface area contributed by atoms with E-state index in [1.807, 2.05) is 18.2 Å². The average Bonchev–Trinajstić information content (AvgIpc) is 2.85. The molecule has 0 bridgehead atoms. The molecule has 1 atom stereocenters. The van der Waals surface area contributed by atoms with Gasteiger partial charge in [0.05, 0.1) is 0 Å². The molecule has 0 amide bonds. The van der Waals surface area contributed by atoms with Crippen molar-refractivity contribution in [2.75, 3.05) is 0 Å². The maximum Gasteiger partial charge on any atom is 0.0455 e. The molecule has 0 radical (unpaired) electrons. The van der Waals surface area contributed by atoms with E-state index in [9.17, 15) is 0 Å². The van der Waals surface area contributed by atoms with Crippen LogP contribution < -0.4 is 5.73 Å². The van der Waals surface area contributed by atoms with Gasteiger partial charge in [0.2, 0.25) is 0 Å². The maximum absolute atomic E-state index is 6.21. The third kappa shape index (κ3) is 1.50. The van der Waals surface area contributed by atoms with Gasteiger partial charge in [0.25, 0.3) is 0 Å². The van der Waals surface area contributed by atoms with Crippen LogP contribution in [0.15, 0.2) is 22.7 Å². The normalized spacial score (nSPS) is 20.6. The Kier molecular flexibility index (Phi) is 2.63. The molecule has 1 aliphatic rings. The molecule has 1 nitrogen and oxygen atoms in total. The Hall–Kier alpha value is -0.0500. The Morgan fingerprint density at radius 1 is 1.50 bits per heavy atom. The van der Waals surface area contributed by atoms with Crippen molar-refractivity contribution in [3.8, 4) is 0 Å². The minimum Gasteiger partial charge on any atom is -0.327 e. The van der Waals surface area contributed by atoms with Gasteiger partial charge in [0, 0.05) is 21.0 Å². The molecule has 3 heteroatoms. The highest BCUT2D eigenvalue weighted by atomic mass is 79.9. The molecule has 1 aromatic carbocycles. The van der Waals surface area contributed by atoms with E-state index in [1.54, 1.807) is 0 Å². The molecule has 0 saturated heterocycles. The third-order valence-corrected chi connectivity index (χ3v) is 4.10. The van der Waals surface area contributed by atoms with E-state index in [1.165, 1.54) is 5.56 Å². The SMILES string of the molecule is CC(N)C1(c2c(Cl)cccc2Br)CC1. The zero-order valence-corrected chi connectivity index (χ0v) is 10.4. The fraction of sp³-hybridized carbons (Fsp3) is 0.455. The zero-order chi connectivity index (χ0) is 10.3. The zero-order valence-electron chi connectivity index (χ0n) is 8.06. The van der Waals surface area contributed by atoms with Gasteiger partial charge in [-0.2, -0.15) is 0 Å². The van der Waals surface area contributed by atoms with Crippen molar-refractivity contribution < 1.29 is 0 Å². The summed E-state index contributed by atoms with van der Waals surface area (Å²) in [5, 5.41) is 0.828. The summed E-state index contributed by atoms with van der Waals surface area (Å²) < 4.78 is 1.08. The van der Waals surface area contributed by atoms with Crippen LogP contribution in [0, 0.1) is 0 Å². The molecule has 14 heavy (non-hydrogen) atoms. The molecule has 76 valence electrons. The van der Waals surface area contributed by atoms with Crippen LogP contribution in [0.25, 0.3) is 0 Å². The summed E-state index contributed by atoms with van der Waals surface area (Å²) in [6.07, 6.45) is 2.29. The van der Waals surface area contributed by atoms with E-state index in [0.717, 1.165) is 22.3 Å².